The van der Waals surface area contributed by atoms with Crippen molar-refractivity contribution in [1.82, 2.24) is 15.0 Å². The highest BCUT2D eigenvalue weighted by molar-refractivity contribution is 5.83. The minimum atomic E-state index is 0.0694. The van der Waals surface area contributed by atoms with Gasteiger partial charge in [-0.3, -0.25) is 9.69 Å². The van der Waals surface area contributed by atoms with Crippen LogP contribution in [0, 0.1) is 25.7 Å². The third kappa shape index (κ3) is 2.56. The lowest BCUT2D eigenvalue weighted by Crippen LogP contribution is -2.58. The molecule has 1 saturated carbocycles. The van der Waals surface area contributed by atoms with Crippen molar-refractivity contribution in [3.63, 3.8) is 0 Å². The van der Waals surface area contributed by atoms with Gasteiger partial charge in [0.05, 0.1) is 11.7 Å². The fourth-order valence-electron chi connectivity index (χ4n) is 4.02. The summed E-state index contributed by atoms with van der Waals surface area (Å²) in [6.07, 6.45) is 4.85. The van der Waals surface area contributed by atoms with Gasteiger partial charge in [0, 0.05) is 25.2 Å². The molecule has 0 radical (unpaired) electrons. The van der Waals surface area contributed by atoms with Crippen molar-refractivity contribution in [3.05, 3.63) is 17.0 Å². The highest BCUT2D eigenvalue weighted by Gasteiger charge is 2.42. The minimum absolute atomic E-state index is 0.0694. The Hall–Kier alpha value is -1.36. The molecule has 0 N–H and O–H groups in total. The molecule has 1 aromatic heterocycles. The maximum Gasteiger partial charge on any atom is 0.239 e. The maximum absolute atomic E-state index is 12.9. The number of rotatable bonds is 4. The Kier molecular flexibility index (Phi) is 3.48. The zero-order valence-corrected chi connectivity index (χ0v) is 13.5. The molecule has 2 saturated heterocycles. The molecule has 4 rings (SSSR count). The van der Waals surface area contributed by atoms with E-state index in [0.29, 0.717) is 11.8 Å². The number of nitrogens with zero attached hydrogens (tertiary/aromatic N) is 3. The summed E-state index contributed by atoms with van der Waals surface area (Å²) in [5, 5.41) is 4.05. The lowest BCUT2D eigenvalue weighted by molar-refractivity contribution is -0.146. The number of carbonyl (C=O) groups excluding carboxylic acids is 1. The first-order valence-corrected chi connectivity index (χ1v) is 8.56. The Morgan fingerprint density at radius 2 is 2.09 bits per heavy atom. The molecule has 2 aliphatic heterocycles. The fourth-order valence-corrected chi connectivity index (χ4v) is 4.02. The van der Waals surface area contributed by atoms with Crippen LogP contribution in [0.4, 0.5) is 0 Å². The average Bonchev–Trinajstić information content (AvgIpc) is 3.27. The van der Waals surface area contributed by atoms with Crippen molar-refractivity contribution in [3.8, 4) is 0 Å². The SMILES string of the molecule is Cc1noc(C)c1CN1CC[C@H]2C[C@@H]1C(=O)N(CC1CC1)C2. The first kappa shape index (κ1) is 14.2. The second kappa shape index (κ2) is 5.37. The van der Waals surface area contributed by atoms with Crippen LogP contribution in [0.25, 0.3) is 0 Å². The summed E-state index contributed by atoms with van der Waals surface area (Å²) in [5.41, 5.74) is 2.11. The molecule has 22 heavy (non-hydrogen) atoms. The molecule has 1 amide bonds. The lowest BCUT2D eigenvalue weighted by Gasteiger charge is -2.46. The monoisotopic (exact) mass is 303 g/mol. The van der Waals surface area contributed by atoms with Crippen molar-refractivity contribution in [2.24, 2.45) is 11.8 Å². The molecule has 0 aromatic carbocycles. The highest BCUT2D eigenvalue weighted by Crippen LogP contribution is 2.35. The van der Waals surface area contributed by atoms with Gasteiger partial charge in [0.2, 0.25) is 5.91 Å². The van der Waals surface area contributed by atoms with Gasteiger partial charge in [-0.2, -0.15) is 0 Å². The van der Waals surface area contributed by atoms with E-state index in [0.717, 1.165) is 55.5 Å². The predicted octanol–water partition coefficient (Wildman–Crippen LogP) is 2.12. The van der Waals surface area contributed by atoms with E-state index in [2.05, 4.69) is 15.0 Å². The second-order valence-corrected chi connectivity index (χ2v) is 7.37. The molecule has 120 valence electrons. The number of carbonyl (C=O) groups is 1. The fraction of sp³-hybridized carbons (Fsp3) is 0.765. The summed E-state index contributed by atoms with van der Waals surface area (Å²) in [6.45, 7) is 7.74. The second-order valence-electron chi connectivity index (χ2n) is 7.37. The largest absolute Gasteiger partial charge is 0.361 e. The third-order valence-corrected chi connectivity index (χ3v) is 5.62. The number of amides is 1. The molecule has 3 fully saturated rings. The molecule has 3 heterocycles. The molecular weight excluding hydrogens is 278 g/mol. The van der Waals surface area contributed by atoms with E-state index in [1.807, 2.05) is 13.8 Å². The van der Waals surface area contributed by atoms with E-state index >= 15 is 0 Å². The van der Waals surface area contributed by atoms with Gasteiger partial charge >= 0.3 is 0 Å². The van der Waals surface area contributed by atoms with E-state index in [9.17, 15) is 4.79 Å². The molecule has 5 heteroatoms. The summed E-state index contributed by atoms with van der Waals surface area (Å²) in [5.74, 6) is 2.72. The Morgan fingerprint density at radius 1 is 1.27 bits per heavy atom. The Morgan fingerprint density at radius 3 is 2.77 bits per heavy atom. The first-order chi connectivity index (χ1) is 10.6. The average molecular weight is 303 g/mol. The summed E-state index contributed by atoms with van der Waals surface area (Å²) in [6, 6.07) is 0.0694. The molecule has 0 spiro atoms. The first-order valence-electron chi connectivity index (χ1n) is 8.56. The van der Waals surface area contributed by atoms with Crippen LogP contribution in [0.1, 0.15) is 42.7 Å². The van der Waals surface area contributed by atoms with Crippen molar-refractivity contribution >= 4 is 5.91 Å². The normalized spacial score (nSPS) is 29.2. The summed E-state index contributed by atoms with van der Waals surface area (Å²) < 4.78 is 5.28. The number of hydrogen-bond acceptors (Lipinski definition) is 4. The zero-order chi connectivity index (χ0) is 15.3. The van der Waals surface area contributed by atoms with Gasteiger partial charge in [0.1, 0.15) is 5.76 Å². The number of hydrogen-bond donors (Lipinski definition) is 0. The summed E-state index contributed by atoms with van der Waals surface area (Å²) in [7, 11) is 0. The number of aromatic nitrogens is 1. The van der Waals surface area contributed by atoms with Gasteiger partial charge < -0.3 is 9.42 Å². The molecule has 1 aromatic rings. The van der Waals surface area contributed by atoms with Gasteiger partial charge in [-0.15, -0.1) is 0 Å². The van der Waals surface area contributed by atoms with Crippen LogP contribution < -0.4 is 0 Å². The maximum atomic E-state index is 12.9. The van der Waals surface area contributed by atoms with Gasteiger partial charge in [0.25, 0.3) is 0 Å². The zero-order valence-electron chi connectivity index (χ0n) is 13.5. The minimum Gasteiger partial charge on any atom is -0.361 e. The molecule has 1 aliphatic carbocycles. The van der Waals surface area contributed by atoms with Crippen LogP contribution in [0.5, 0.6) is 0 Å². The standard InChI is InChI=1S/C17H25N3O2/c1-11-15(12(2)22-18-11)10-19-6-5-14-7-16(19)17(21)20(9-14)8-13-3-4-13/h13-14,16H,3-10H2,1-2H3/t14-,16+/m0/s1. The Labute approximate surface area is 131 Å². The van der Waals surface area contributed by atoms with E-state index in [1.54, 1.807) is 0 Å². The van der Waals surface area contributed by atoms with E-state index < -0.39 is 0 Å². The van der Waals surface area contributed by atoms with Crippen LogP contribution in [-0.2, 0) is 11.3 Å². The van der Waals surface area contributed by atoms with Gasteiger partial charge in [-0.1, -0.05) is 5.16 Å². The van der Waals surface area contributed by atoms with E-state index in [4.69, 9.17) is 4.52 Å². The van der Waals surface area contributed by atoms with E-state index in [-0.39, 0.29) is 6.04 Å². The topological polar surface area (TPSA) is 49.6 Å². The molecule has 5 nitrogen and oxygen atoms in total. The van der Waals surface area contributed by atoms with Crippen LogP contribution in [0.15, 0.2) is 4.52 Å². The quantitative estimate of drug-likeness (QED) is 0.855. The number of likely N-dealkylation sites (tertiary alicyclic amines) is 2. The van der Waals surface area contributed by atoms with Gasteiger partial charge in [0.15, 0.2) is 0 Å². The van der Waals surface area contributed by atoms with Crippen molar-refractivity contribution < 1.29 is 9.32 Å². The van der Waals surface area contributed by atoms with Crippen LogP contribution in [-0.4, -0.2) is 46.5 Å². The molecule has 3 aliphatic rings. The summed E-state index contributed by atoms with van der Waals surface area (Å²) >= 11 is 0. The van der Waals surface area contributed by atoms with Gasteiger partial charge in [-0.05, 0) is 57.9 Å². The number of aryl methyl sites for hydroxylation is 2. The van der Waals surface area contributed by atoms with Crippen LogP contribution in [0.3, 0.4) is 0 Å². The molecule has 2 bridgehead atoms. The Bertz CT molecular complexity index is 559. The molecule has 0 unspecified atom stereocenters. The van der Waals surface area contributed by atoms with E-state index in [1.165, 1.54) is 19.3 Å². The number of piperidine rings is 2. The van der Waals surface area contributed by atoms with Crippen molar-refractivity contribution in [1.29, 1.82) is 0 Å². The Balaban J connectivity index is 1.50. The van der Waals surface area contributed by atoms with Crippen molar-refractivity contribution in [2.45, 2.75) is 52.1 Å². The van der Waals surface area contributed by atoms with Gasteiger partial charge in [-0.25, -0.2) is 0 Å². The van der Waals surface area contributed by atoms with Crippen LogP contribution in [0.2, 0.25) is 0 Å². The van der Waals surface area contributed by atoms with Crippen molar-refractivity contribution in [2.75, 3.05) is 19.6 Å². The summed E-state index contributed by atoms with van der Waals surface area (Å²) in [4.78, 5) is 17.4. The third-order valence-electron chi connectivity index (χ3n) is 5.62. The number of fused-ring (bicyclic) bond motifs is 2. The smallest absolute Gasteiger partial charge is 0.239 e. The molecular formula is C17H25N3O2. The molecule has 2 atom stereocenters. The predicted molar refractivity (Wildman–Crippen MR) is 82.2 cm³/mol. The van der Waals surface area contributed by atoms with Crippen LogP contribution >= 0.6 is 0 Å². The highest BCUT2D eigenvalue weighted by atomic mass is 16.5. The lowest BCUT2D eigenvalue weighted by atomic mass is 9.85.